The van der Waals surface area contributed by atoms with Crippen molar-refractivity contribution in [3.05, 3.63) is 35.1 Å². The fourth-order valence-corrected chi connectivity index (χ4v) is 1.87. The lowest BCUT2D eigenvalue weighted by atomic mass is 10.1. The highest BCUT2D eigenvalue weighted by Gasteiger charge is 2.11. The number of aliphatic imine (C=N–C) groups is 1. The molecule has 0 spiro atoms. The Morgan fingerprint density at radius 3 is 2.74 bits per heavy atom. The van der Waals surface area contributed by atoms with Gasteiger partial charge in [0.05, 0.1) is 19.8 Å². The minimum atomic E-state index is -0.191. The standard InChI is InChI=1S/C13H18FN3O.HI/c1-10-8-11(2-3-12(10)14)9-16-13(15)17-4-6-18-7-5-17;/h2-3,8H,4-7,9H2,1H3,(H2,15,16);1H. The van der Waals surface area contributed by atoms with Crippen LogP contribution in [0.15, 0.2) is 23.2 Å². The number of benzene rings is 1. The highest BCUT2D eigenvalue weighted by molar-refractivity contribution is 14.0. The second-order valence-electron chi connectivity index (χ2n) is 4.36. The fourth-order valence-electron chi connectivity index (χ4n) is 1.87. The van der Waals surface area contributed by atoms with Gasteiger partial charge < -0.3 is 15.4 Å². The quantitative estimate of drug-likeness (QED) is 0.485. The minimum absolute atomic E-state index is 0. The van der Waals surface area contributed by atoms with Crippen LogP contribution in [0.3, 0.4) is 0 Å². The van der Waals surface area contributed by atoms with Gasteiger partial charge in [0.15, 0.2) is 5.96 Å². The lowest BCUT2D eigenvalue weighted by Gasteiger charge is -2.27. The molecule has 19 heavy (non-hydrogen) atoms. The molecule has 0 saturated carbocycles. The number of hydrogen-bond acceptors (Lipinski definition) is 2. The maximum Gasteiger partial charge on any atom is 0.191 e. The van der Waals surface area contributed by atoms with Crippen molar-refractivity contribution in [3.8, 4) is 0 Å². The SMILES string of the molecule is Cc1cc(CN=C(N)N2CCOCC2)ccc1F.I. The Hall–Kier alpha value is -0.890. The van der Waals surface area contributed by atoms with E-state index in [2.05, 4.69) is 4.99 Å². The summed E-state index contributed by atoms with van der Waals surface area (Å²) in [4.78, 5) is 6.33. The Morgan fingerprint density at radius 1 is 1.42 bits per heavy atom. The zero-order chi connectivity index (χ0) is 13.0. The van der Waals surface area contributed by atoms with Crippen molar-refractivity contribution in [2.24, 2.45) is 10.7 Å². The van der Waals surface area contributed by atoms with E-state index in [0.717, 1.165) is 18.7 Å². The van der Waals surface area contributed by atoms with E-state index in [9.17, 15) is 4.39 Å². The van der Waals surface area contributed by atoms with Crippen LogP contribution in [0.4, 0.5) is 4.39 Å². The molecule has 0 aliphatic carbocycles. The molecule has 1 aromatic carbocycles. The van der Waals surface area contributed by atoms with Crippen molar-refractivity contribution >= 4 is 29.9 Å². The van der Waals surface area contributed by atoms with Crippen LogP contribution in [-0.4, -0.2) is 37.2 Å². The first-order chi connectivity index (χ1) is 8.66. The Bertz CT molecular complexity index is 448. The molecule has 0 unspecified atom stereocenters. The van der Waals surface area contributed by atoms with Crippen molar-refractivity contribution in [2.45, 2.75) is 13.5 Å². The molecule has 6 heteroatoms. The molecule has 1 saturated heterocycles. The van der Waals surface area contributed by atoms with Crippen LogP contribution in [0, 0.1) is 12.7 Å². The summed E-state index contributed by atoms with van der Waals surface area (Å²) >= 11 is 0. The van der Waals surface area contributed by atoms with Crippen LogP contribution in [-0.2, 0) is 11.3 Å². The molecule has 1 fully saturated rings. The van der Waals surface area contributed by atoms with Crippen LogP contribution in [0.5, 0.6) is 0 Å². The van der Waals surface area contributed by atoms with Crippen molar-refractivity contribution in [2.75, 3.05) is 26.3 Å². The van der Waals surface area contributed by atoms with E-state index in [4.69, 9.17) is 10.5 Å². The van der Waals surface area contributed by atoms with Gasteiger partial charge in [-0.3, -0.25) is 0 Å². The van der Waals surface area contributed by atoms with E-state index in [0.29, 0.717) is 31.3 Å². The molecule has 1 aliphatic heterocycles. The Balaban J connectivity index is 0.00000180. The Labute approximate surface area is 129 Å². The van der Waals surface area contributed by atoms with Crippen molar-refractivity contribution in [1.82, 2.24) is 4.90 Å². The third-order valence-corrected chi connectivity index (χ3v) is 2.98. The first-order valence-electron chi connectivity index (χ1n) is 6.04. The van der Waals surface area contributed by atoms with E-state index in [1.54, 1.807) is 19.1 Å². The molecule has 0 radical (unpaired) electrons. The zero-order valence-electron chi connectivity index (χ0n) is 10.9. The number of nitrogens with two attached hydrogens (primary N) is 1. The average molecular weight is 379 g/mol. The van der Waals surface area contributed by atoms with E-state index in [-0.39, 0.29) is 29.8 Å². The third-order valence-electron chi connectivity index (χ3n) is 2.98. The summed E-state index contributed by atoms with van der Waals surface area (Å²) in [7, 11) is 0. The molecule has 0 amide bonds. The largest absolute Gasteiger partial charge is 0.378 e. The number of morpholine rings is 1. The molecule has 1 heterocycles. The second kappa shape index (κ2) is 7.64. The summed E-state index contributed by atoms with van der Waals surface area (Å²) in [5.74, 6) is 0.337. The summed E-state index contributed by atoms with van der Waals surface area (Å²) in [6.07, 6.45) is 0. The van der Waals surface area contributed by atoms with Gasteiger partial charge in [0.25, 0.3) is 0 Å². The highest BCUT2D eigenvalue weighted by Crippen LogP contribution is 2.10. The fraction of sp³-hybridized carbons (Fsp3) is 0.462. The van der Waals surface area contributed by atoms with Crippen LogP contribution in [0.1, 0.15) is 11.1 Å². The molecule has 0 atom stereocenters. The van der Waals surface area contributed by atoms with Gasteiger partial charge >= 0.3 is 0 Å². The third kappa shape index (κ3) is 4.61. The van der Waals surface area contributed by atoms with Crippen LogP contribution >= 0.6 is 24.0 Å². The summed E-state index contributed by atoms with van der Waals surface area (Å²) < 4.78 is 18.4. The molecule has 106 valence electrons. The molecule has 2 rings (SSSR count). The van der Waals surface area contributed by atoms with Crippen LogP contribution in [0.25, 0.3) is 0 Å². The molecular weight excluding hydrogens is 360 g/mol. The van der Waals surface area contributed by atoms with Gasteiger partial charge in [-0.25, -0.2) is 9.38 Å². The number of aryl methyl sites for hydroxylation is 1. The molecule has 0 aromatic heterocycles. The Morgan fingerprint density at radius 2 is 2.11 bits per heavy atom. The summed E-state index contributed by atoms with van der Waals surface area (Å²) in [5, 5.41) is 0. The highest BCUT2D eigenvalue weighted by atomic mass is 127. The molecular formula is C13H19FIN3O. The monoisotopic (exact) mass is 379 g/mol. The maximum absolute atomic E-state index is 13.1. The van der Waals surface area contributed by atoms with E-state index < -0.39 is 0 Å². The number of guanidine groups is 1. The predicted octanol–water partition coefficient (Wildman–Crippen LogP) is 1.90. The van der Waals surface area contributed by atoms with Crippen LogP contribution < -0.4 is 5.73 Å². The molecule has 1 aliphatic rings. The van der Waals surface area contributed by atoms with E-state index in [1.165, 1.54) is 6.07 Å². The zero-order valence-corrected chi connectivity index (χ0v) is 13.3. The lowest BCUT2D eigenvalue weighted by molar-refractivity contribution is 0.0674. The number of ether oxygens (including phenoxy) is 1. The topological polar surface area (TPSA) is 50.8 Å². The number of halogens is 2. The van der Waals surface area contributed by atoms with Gasteiger partial charge in [0, 0.05) is 13.1 Å². The minimum Gasteiger partial charge on any atom is -0.378 e. The molecule has 2 N–H and O–H groups in total. The predicted molar refractivity (Wildman–Crippen MR) is 84.3 cm³/mol. The molecule has 1 aromatic rings. The van der Waals surface area contributed by atoms with Crippen molar-refractivity contribution in [1.29, 1.82) is 0 Å². The van der Waals surface area contributed by atoms with E-state index in [1.807, 2.05) is 4.90 Å². The van der Waals surface area contributed by atoms with Gasteiger partial charge in [-0.2, -0.15) is 0 Å². The van der Waals surface area contributed by atoms with Crippen molar-refractivity contribution < 1.29 is 9.13 Å². The molecule has 4 nitrogen and oxygen atoms in total. The van der Waals surface area contributed by atoms with E-state index >= 15 is 0 Å². The Kier molecular flexibility index (Phi) is 6.50. The second-order valence-corrected chi connectivity index (χ2v) is 4.36. The van der Waals surface area contributed by atoms with Gasteiger partial charge in [-0.05, 0) is 24.1 Å². The smallest absolute Gasteiger partial charge is 0.191 e. The number of hydrogen-bond donors (Lipinski definition) is 1. The summed E-state index contributed by atoms with van der Waals surface area (Å²) in [6.45, 7) is 5.14. The molecule has 0 bridgehead atoms. The lowest BCUT2D eigenvalue weighted by Crippen LogP contribution is -2.44. The first-order valence-corrected chi connectivity index (χ1v) is 6.04. The first kappa shape index (κ1) is 16.2. The number of nitrogens with zero attached hydrogens (tertiary/aromatic N) is 2. The van der Waals surface area contributed by atoms with Crippen LogP contribution in [0.2, 0.25) is 0 Å². The maximum atomic E-state index is 13.1. The van der Waals surface area contributed by atoms with Crippen molar-refractivity contribution in [3.63, 3.8) is 0 Å². The van der Waals surface area contributed by atoms with Gasteiger partial charge in [-0.1, -0.05) is 12.1 Å². The van der Waals surface area contributed by atoms with Gasteiger partial charge in [-0.15, -0.1) is 24.0 Å². The number of rotatable bonds is 2. The summed E-state index contributed by atoms with van der Waals surface area (Å²) in [5.41, 5.74) is 7.51. The summed E-state index contributed by atoms with van der Waals surface area (Å²) in [6, 6.07) is 5.00. The average Bonchev–Trinajstić information content (AvgIpc) is 2.41. The van der Waals surface area contributed by atoms with Gasteiger partial charge in [0.2, 0.25) is 0 Å². The van der Waals surface area contributed by atoms with Gasteiger partial charge in [0.1, 0.15) is 5.82 Å². The normalized spacial score (nSPS) is 16.1.